The van der Waals surface area contributed by atoms with Gasteiger partial charge < -0.3 is 19.8 Å². The molecule has 4 nitrogen and oxygen atoms in total. The highest BCUT2D eigenvalue weighted by molar-refractivity contribution is 6.01. The van der Waals surface area contributed by atoms with Crippen LogP contribution in [0.4, 0.5) is 0 Å². The second kappa shape index (κ2) is 3.49. The van der Waals surface area contributed by atoms with Gasteiger partial charge in [-0.3, -0.25) is 0 Å². The molecule has 4 heteroatoms. The van der Waals surface area contributed by atoms with Gasteiger partial charge in [-0.1, -0.05) is 12.1 Å². The van der Waals surface area contributed by atoms with E-state index in [9.17, 15) is 19.8 Å². The Morgan fingerprint density at radius 1 is 1.07 bits per heavy atom. The molecule has 1 aromatic carbocycles. The van der Waals surface area contributed by atoms with Crippen LogP contribution in [0.2, 0.25) is 0 Å². The van der Waals surface area contributed by atoms with Gasteiger partial charge in [-0.15, -0.1) is 0 Å². The molecule has 0 fully saturated rings. The molecule has 0 N–H and O–H groups in total. The van der Waals surface area contributed by atoms with E-state index < -0.39 is 11.9 Å². The molecule has 0 amide bonds. The highest BCUT2D eigenvalue weighted by atomic mass is 16.4. The minimum absolute atomic E-state index is 0.301. The van der Waals surface area contributed by atoms with Crippen LogP contribution in [0.5, 0.6) is 0 Å². The molecule has 1 rings (SSSR count). The Kier molecular flexibility index (Phi) is 2.56. The molecule has 0 aliphatic carbocycles. The SMILES string of the molecule is Cc1ccc(C(=O)[O-])c(C(=O)[O-])c1C. The van der Waals surface area contributed by atoms with Gasteiger partial charge in [0.05, 0.1) is 11.9 Å². The highest BCUT2D eigenvalue weighted by Crippen LogP contribution is 2.16. The number of carboxylic acid groups (broad SMARTS) is 2. The summed E-state index contributed by atoms with van der Waals surface area (Å²) in [5.41, 5.74) is 0.457. The number of hydrogen-bond donors (Lipinski definition) is 0. The lowest BCUT2D eigenvalue weighted by molar-refractivity contribution is -0.259. The number of carbonyl (C=O) groups excluding carboxylic acids is 2. The molecule has 0 saturated carbocycles. The number of carbonyl (C=O) groups is 2. The van der Waals surface area contributed by atoms with Gasteiger partial charge in [0.1, 0.15) is 0 Å². The maximum Gasteiger partial charge on any atom is 0.0724 e. The summed E-state index contributed by atoms with van der Waals surface area (Å²) in [4.78, 5) is 21.3. The maximum absolute atomic E-state index is 10.7. The zero-order valence-corrected chi connectivity index (χ0v) is 7.79. The fourth-order valence-corrected chi connectivity index (χ4v) is 1.25. The van der Waals surface area contributed by atoms with Gasteiger partial charge in [-0.2, -0.15) is 0 Å². The standard InChI is InChI=1S/C10H10O4/c1-5-3-4-7(9(11)12)8(6(5)2)10(13)14/h3-4H,1-2H3,(H,11,12)(H,13,14)/p-2. The molecule has 0 aliphatic rings. The van der Waals surface area contributed by atoms with Crippen LogP contribution in [0.3, 0.4) is 0 Å². The monoisotopic (exact) mass is 192 g/mol. The van der Waals surface area contributed by atoms with Crippen LogP contribution in [0.1, 0.15) is 31.8 Å². The molecule has 0 heterocycles. The van der Waals surface area contributed by atoms with Gasteiger partial charge in [-0.05, 0) is 25.0 Å². The van der Waals surface area contributed by atoms with Crippen molar-refractivity contribution in [3.05, 3.63) is 34.4 Å². The van der Waals surface area contributed by atoms with Crippen molar-refractivity contribution >= 4 is 11.9 Å². The molecule has 0 atom stereocenters. The lowest BCUT2D eigenvalue weighted by atomic mass is 9.98. The zero-order chi connectivity index (χ0) is 10.9. The van der Waals surface area contributed by atoms with E-state index in [0.717, 1.165) is 0 Å². The molecule has 0 unspecified atom stereocenters. The normalized spacial score (nSPS) is 9.86. The molecular weight excluding hydrogens is 184 g/mol. The third-order valence-electron chi connectivity index (χ3n) is 2.16. The van der Waals surface area contributed by atoms with Gasteiger partial charge in [0.15, 0.2) is 0 Å². The number of rotatable bonds is 2. The first-order valence-corrected chi connectivity index (χ1v) is 3.98. The van der Waals surface area contributed by atoms with Crippen LogP contribution in [0.15, 0.2) is 12.1 Å². The minimum Gasteiger partial charge on any atom is -0.545 e. The number of carboxylic acids is 2. The van der Waals surface area contributed by atoms with Crippen molar-refractivity contribution < 1.29 is 19.8 Å². The molecule has 0 saturated heterocycles. The Hall–Kier alpha value is -1.84. The average molecular weight is 192 g/mol. The average Bonchev–Trinajstić information content (AvgIpc) is 2.08. The van der Waals surface area contributed by atoms with Gasteiger partial charge in [-0.25, -0.2) is 0 Å². The number of aromatic carboxylic acids is 2. The Morgan fingerprint density at radius 3 is 2.07 bits per heavy atom. The topological polar surface area (TPSA) is 80.3 Å². The molecule has 0 radical (unpaired) electrons. The van der Waals surface area contributed by atoms with Crippen LogP contribution in [0, 0.1) is 13.8 Å². The first-order chi connectivity index (χ1) is 6.45. The van der Waals surface area contributed by atoms with Crippen molar-refractivity contribution in [3.63, 3.8) is 0 Å². The lowest BCUT2D eigenvalue weighted by Crippen LogP contribution is -2.31. The molecule has 0 spiro atoms. The summed E-state index contributed by atoms with van der Waals surface area (Å²) in [6.45, 7) is 3.23. The second-order valence-electron chi connectivity index (χ2n) is 3.00. The van der Waals surface area contributed by atoms with Crippen molar-refractivity contribution in [2.75, 3.05) is 0 Å². The highest BCUT2D eigenvalue weighted by Gasteiger charge is 2.09. The maximum atomic E-state index is 10.7. The van der Waals surface area contributed by atoms with Crippen molar-refractivity contribution in [1.82, 2.24) is 0 Å². The van der Waals surface area contributed by atoms with Crippen molar-refractivity contribution in [1.29, 1.82) is 0 Å². The van der Waals surface area contributed by atoms with Crippen LogP contribution >= 0.6 is 0 Å². The smallest absolute Gasteiger partial charge is 0.0724 e. The van der Waals surface area contributed by atoms with E-state index >= 15 is 0 Å². The van der Waals surface area contributed by atoms with Crippen molar-refractivity contribution in [2.24, 2.45) is 0 Å². The van der Waals surface area contributed by atoms with E-state index in [1.807, 2.05) is 0 Å². The third-order valence-corrected chi connectivity index (χ3v) is 2.16. The number of benzene rings is 1. The van der Waals surface area contributed by atoms with Crippen LogP contribution in [-0.2, 0) is 0 Å². The van der Waals surface area contributed by atoms with E-state index in [2.05, 4.69) is 0 Å². The van der Waals surface area contributed by atoms with E-state index in [1.54, 1.807) is 6.92 Å². The van der Waals surface area contributed by atoms with E-state index in [-0.39, 0.29) is 11.1 Å². The quantitative estimate of drug-likeness (QED) is 0.603. The van der Waals surface area contributed by atoms with Gasteiger partial charge in [0.25, 0.3) is 0 Å². The molecule has 0 aliphatic heterocycles. The predicted molar refractivity (Wildman–Crippen MR) is 44.6 cm³/mol. The Labute approximate surface area is 80.8 Å². The summed E-state index contributed by atoms with van der Waals surface area (Å²) in [7, 11) is 0. The van der Waals surface area contributed by atoms with Crippen molar-refractivity contribution in [3.8, 4) is 0 Å². The lowest BCUT2D eigenvalue weighted by Gasteiger charge is -2.15. The first kappa shape index (κ1) is 10.2. The summed E-state index contributed by atoms with van der Waals surface area (Å²) in [6.07, 6.45) is 0. The molecule has 0 aromatic heterocycles. The number of aryl methyl sites for hydroxylation is 1. The number of hydrogen-bond acceptors (Lipinski definition) is 4. The fraction of sp³-hybridized carbons (Fsp3) is 0.200. The van der Waals surface area contributed by atoms with Crippen LogP contribution in [0.25, 0.3) is 0 Å². The molecule has 0 bridgehead atoms. The second-order valence-corrected chi connectivity index (χ2v) is 3.00. The predicted octanol–water partition coefficient (Wildman–Crippen LogP) is -0.970. The van der Waals surface area contributed by atoms with E-state index in [1.165, 1.54) is 19.1 Å². The van der Waals surface area contributed by atoms with Gasteiger partial charge in [0.2, 0.25) is 0 Å². The molecular formula is C10H8O4-2. The largest absolute Gasteiger partial charge is 0.545 e. The fourth-order valence-electron chi connectivity index (χ4n) is 1.25. The zero-order valence-electron chi connectivity index (χ0n) is 7.79. The first-order valence-electron chi connectivity index (χ1n) is 3.98. The van der Waals surface area contributed by atoms with Gasteiger partial charge in [0, 0.05) is 11.1 Å². The van der Waals surface area contributed by atoms with E-state index in [4.69, 9.17) is 0 Å². The summed E-state index contributed by atoms with van der Waals surface area (Å²) < 4.78 is 0. The summed E-state index contributed by atoms with van der Waals surface area (Å²) in [5, 5.41) is 21.3. The van der Waals surface area contributed by atoms with Crippen LogP contribution < -0.4 is 10.2 Å². The minimum atomic E-state index is -1.51. The molecule has 1 aromatic rings. The summed E-state index contributed by atoms with van der Waals surface area (Å²) in [6, 6.07) is 2.75. The van der Waals surface area contributed by atoms with E-state index in [0.29, 0.717) is 11.1 Å². The summed E-state index contributed by atoms with van der Waals surface area (Å²) >= 11 is 0. The van der Waals surface area contributed by atoms with Gasteiger partial charge >= 0.3 is 0 Å². The van der Waals surface area contributed by atoms with Crippen molar-refractivity contribution in [2.45, 2.75) is 13.8 Å². The Balaban J connectivity index is 3.53. The molecule has 74 valence electrons. The Morgan fingerprint density at radius 2 is 1.64 bits per heavy atom. The van der Waals surface area contributed by atoms with Crippen LogP contribution in [-0.4, -0.2) is 11.9 Å². The summed E-state index contributed by atoms with van der Waals surface area (Å²) in [5.74, 6) is -3.00. The third kappa shape index (κ3) is 1.59. The Bertz CT molecular complexity index is 407. The molecule has 14 heavy (non-hydrogen) atoms.